The largest absolute Gasteiger partial charge is 0.490 e. The lowest BCUT2D eigenvalue weighted by Crippen LogP contribution is -2.46. The fourth-order valence-electron chi connectivity index (χ4n) is 3.94. The topological polar surface area (TPSA) is 70.7 Å². The summed E-state index contributed by atoms with van der Waals surface area (Å²) in [5.74, 6) is 0.957. The van der Waals surface area contributed by atoms with Gasteiger partial charge < -0.3 is 20.3 Å². The van der Waals surface area contributed by atoms with Gasteiger partial charge in [0.15, 0.2) is 0 Å². The van der Waals surface area contributed by atoms with Crippen molar-refractivity contribution in [2.24, 2.45) is 0 Å². The van der Waals surface area contributed by atoms with Crippen LogP contribution in [0.2, 0.25) is 0 Å². The molecule has 3 fully saturated rings. The average molecular weight is 405 g/mol. The van der Waals surface area contributed by atoms with Crippen LogP contribution in [-0.2, 0) is 4.79 Å². The van der Waals surface area contributed by atoms with Crippen LogP contribution in [0.25, 0.3) is 11.1 Å². The maximum atomic E-state index is 13.0. The molecule has 6 heteroatoms. The molecule has 0 unspecified atom stereocenters. The van der Waals surface area contributed by atoms with E-state index in [4.69, 9.17) is 4.74 Å². The Labute approximate surface area is 176 Å². The number of nitrogens with one attached hydrogen (secondary N) is 2. The Morgan fingerprint density at radius 3 is 2.50 bits per heavy atom. The summed E-state index contributed by atoms with van der Waals surface area (Å²) in [7, 11) is 0. The first-order chi connectivity index (χ1) is 14.6. The van der Waals surface area contributed by atoms with E-state index in [1.807, 2.05) is 41.3 Å². The van der Waals surface area contributed by atoms with Gasteiger partial charge in [-0.25, -0.2) is 0 Å². The highest BCUT2D eigenvalue weighted by atomic mass is 16.5. The summed E-state index contributed by atoms with van der Waals surface area (Å²) in [4.78, 5) is 27.1. The summed E-state index contributed by atoms with van der Waals surface area (Å²) in [6.07, 6.45) is 4.40. The third-order valence-corrected chi connectivity index (χ3v) is 6.11. The monoisotopic (exact) mass is 405 g/mol. The first-order valence-corrected chi connectivity index (χ1v) is 10.8. The minimum atomic E-state index is -0.390. The van der Waals surface area contributed by atoms with Gasteiger partial charge in [0.05, 0.1) is 11.6 Å². The van der Waals surface area contributed by atoms with Gasteiger partial charge in [-0.05, 0) is 61.1 Å². The molecule has 0 aromatic heterocycles. The van der Waals surface area contributed by atoms with Gasteiger partial charge in [0.1, 0.15) is 5.75 Å². The molecular formula is C24H27N3O3. The van der Waals surface area contributed by atoms with Crippen LogP contribution in [0.5, 0.6) is 5.75 Å². The van der Waals surface area contributed by atoms with E-state index >= 15 is 0 Å². The van der Waals surface area contributed by atoms with Crippen molar-refractivity contribution in [3.63, 3.8) is 0 Å². The second kappa shape index (κ2) is 7.76. The van der Waals surface area contributed by atoms with E-state index in [-0.39, 0.29) is 11.8 Å². The predicted molar refractivity (Wildman–Crippen MR) is 114 cm³/mol. The molecule has 2 N–H and O–H groups in total. The van der Waals surface area contributed by atoms with E-state index < -0.39 is 5.54 Å². The van der Waals surface area contributed by atoms with Crippen LogP contribution < -0.4 is 15.4 Å². The zero-order valence-corrected chi connectivity index (χ0v) is 17.0. The molecule has 1 heterocycles. The SMILES string of the molecule is O=C(c1ccc(-c2cccc(OC3CC3)c2)cc1)N1CCNC(=O)C2(CC2)NCC1. The first kappa shape index (κ1) is 19.1. The van der Waals surface area contributed by atoms with Gasteiger partial charge in [-0.3, -0.25) is 9.59 Å². The molecule has 156 valence electrons. The van der Waals surface area contributed by atoms with Crippen LogP contribution in [0.15, 0.2) is 48.5 Å². The van der Waals surface area contributed by atoms with Crippen molar-refractivity contribution < 1.29 is 14.3 Å². The van der Waals surface area contributed by atoms with Crippen LogP contribution in [0.1, 0.15) is 36.0 Å². The summed E-state index contributed by atoms with van der Waals surface area (Å²) in [6.45, 7) is 2.23. The summed E-state index contributed by atoms with van der Waals surface area (Å²) >= 11 is 0. The number of amides is 2. The number of carbonyl (C=O) groups excluding carboxylic acids is 2. The van der Waals surface area contributed by atoms with E-state index in [0.717, 1.165) is 42.6 Å². The summed E-state index contributed by atoms with van der Waals surface area (Å²) < 4.78 is 5.89. The van der Waals surface area contributed by atoms with Gasteiger partial charge in [0.25, 0.3) is 5.91 Å². The van der Waals surface area contributed by atoms with Crippen molar-refractivity contribution in [1.82, 2.24) is 15.5 Å². The quantitative estimate of drug-likeness (QED) is 0.820. The molecule has 5 rings (SSSR count). The fourth-order valence-corrected chi connectivity index (χ4v) is 3.94. The van der Waals surface area contributed by atoms with Crippen molar-refractivity contribution in [2.75, 3.05) is 26.2 Å². The van der Waals surface area contributed by atoms with Crippen molar-refractivity contribution >= 4 is 11.8 Å². The fraction of sp³-hybridized carbons (Fsp3) is 0.417. The summed E-state index contributed by atoms with van der Waals surface area (Å²) in [5, 5.41) is 6.29. The van der Waals surface area contributed by atoms with Crippen molar-refractivity contribution in [3.05, 3.63) is 54.1 Å². The smallest absolute Gasteiger partial charge is 0.253 e. The van der Waals surface area contributed by atoms with E-state index in [2.05, 4.69) is 22.8 Å². The molecule has 2 aromatic carbocycles. The van der Waals surface area contributed by atoms with Crippen molar-refractivity contribution in [1.29, 1.82) is 0 Å². The molecule has 2 aliphatic carbocycles. The van der Waals surface area contributed by atoms with Gasteiger partial charge >= 0.3 is 0 Å². The second-order valence-electron chi connectivity index (χ2n) is 8.48. The number of hydrogen-bond donors (Lipinski definition) is 2. The lowest BCUT2D eigenvalue weighted by molar-refractivity contribution is -0.124. The van der Waals surface area contributed by atoms with Crippen LogP contribution >= 0.6 is 0 Å². The highest BCUT2D eigenvalue weighted by Crippen LogP contribution is 2.35. The Hall–Kier alpha value is -2.86. The Morgan fingerprint density at radius 1 is 1.00 bits per heavy atom. The zero-order chi connectivity index (χ0) is 20.6. The molecule has 0 atom stereocenters. The standard InChI is InChI=1S/C24H27N3O3/c28-22(27-14-12-25-23(29)24(10-11-24)26-13-15-27)18-6-4-17(5-7-18)19-2-1-3-21(16-19)30-20-8-9-20/h1-7,16,20,26H,8-15H2,(H,25,29). The third-order valence-electron chi connectivity index (χ3n) is 6.11. The van der Waals surface area contributed by atoms with Gasteiger partial charge in [0, 0.05) is 31.7 Å². The van der Waals surface area contributed by atoms with Crippen LogP contribution in [-0.4, -0.2) is 54.5 Å². The van der Waals surface area contributed by atoms with Gasteiger partial charge in [-0.1, -0.05) is 24.3 Å². The number of carbonyl (C=O) groups is 2. The first-order valence-electron chi connectivity index (χ1n) is 10.8. The molecule has 1 spiro atoms. The van der Waals surface area contributed by atoms with E-state index in [0.29, 0.717) is 37.8 Å². The molecular weight excluding hydrogens is 378 g/mol. The average Bonchev–Trinajstić information content (AvgIpc) is 3.69. The number of ether oxygens (including phenoxy) is 1. The van der Waals surface area contributed by atoms with Gasteiger partial charge in [-0.15, -0.1) is 0 Å². The van der Waals surface area contributed by atoms with Crippen LogP contribution in [0, 0.1) is 0 Å². The van der Waals surface area contributed by atoms with Gasteiger partial charge in [-0.2, -0.15) is 0 Å². The second-order valence-corrected chi connectivity index (χ2v) is 8.48. The number of nitrogens with zero attached hydrogens (tertiary/aromatic N) is 1. The predicted octanol–water partition coefficient (Wildman–Crippen LogP) is 2.59. The molecule has 6 nitrogen and oxygen atoms in total. The maximum Gasteiger partial charge on any atom is 0.253 e. The van der Waals surface area contributed by atoms with Crippen LogP contribution in [0.3, 0.4) is 0 Å². The Balaban J connectivity index is 1.26. The molecule has 1 saturated heterocycles. The third kappa shape index (κ3) is 4.05. The van der Waals surface area contributed by atoms with Crippen molar-refractivity contribution in [2.45, 2.75) is 37.3 Å². The normalized spacial score (nSPS) is 20.7. The van der Waals surface area contributed by atoms with E-state index in [1.54, 1.807) is 0 Å². The number of rotatable bonds is 4. The minimum absolute atomic E-state index is 0.00448. The number of benzene rings is 2. The maximum absolute atomic E-state index is 13.0. The lowest BCUT2D eigenvalue weighted by atomic mass is 10.0. The van der Waals surface area contributed by atoms with E-state index in [9.17, 15) is 9.59 Å². The molecule has 2 aromatic rings. The molecule has 0 bridgehead atoms. The molecule has 2 saturated carbocycles. The Bertz CT molecular complexity index is 948. The molecule has 3 aliphatic rings. The van der Waals surface area contributed by atoms with Crippen molar-refractivity contribution in [3.8, 4) is 16.9 Å². The highest BCUT2D eigenvalue weighted by molar-refractivity contribution is 5.95. The van der Waals surface area contributed by atoms with E-state index in [1.165, 1.54) is 0 Å². The Morgan fingerprint density at radius 2 is 1.77 bits per heavy atom. The lowest BCUT2D eigenvalue weighted by Gasteiger charge is -2.22. The van der Waals surface area contributed by atoms with Gasteiger partial charge in [0.2, 0.25) is 5.91 Å². The molecule has 30 heavy (non-hydrogen) atoms. The summed E-state index contributed by atoms with van der Waals surface area (Å²) in [5.41, 5.74) is 2.41. The molecule has 1 aliphatic heterocycles. The molecule has 2 amide bonds. The Kier molecular flexibility index (Phi) is 4.95. The molecule has 0 radical (unpaired) electrons. The highest BCUT2D eigenvalue weighted by Gasteiger charge is 2.49. The van der Waals surface area contributed by atoms with Crippen LogP contribution in [0.4, 0.5) is 0 Å². The minimum Gasteiger partial charge on any atom is -0.490 e. The zero-order valence-electron chi connectivity index (χ0n) is 17.0. The number of hydrogen-bond acceptors (Lipinski definition) is 4. The summed E-state index contributed by atoms with van der Waals surface area (Å²) in [6, 6.07) is 15.8.